The summed E-state index contributed by atoms with van der Waals surface area (Å²) in [6, 6.07) is 10.1. The van der Waals surface area contributed by atoms with E-state index in [0.29, 0.717) is 5.56 Å². The standard InChI is InChI=1S/C16H8ClF2NO2/c17-14-13(9-4-6-10(18)7-5-9)15(21)20(16(14)22)12-3-1-2-11(19)8-12/h1-8H. The van der Waals surface area contributed by atoms with E-state index < -0.39 is 23.4 Å². The van der Waals surface area contributed by atoms with Gasteiger partial charge in [-0.2, -0.15) is 0 Å². The molecule has 3 nitrogen and oxygen atoms in total. The van der Waals surface area contributed by atoms with Crippen LogP contribution in [0.2, 0.25) is 0 Å². The summed E-state index contributed by atoms with van der Waals surface area (Å²) in [5, 5.41) is -0.277. The maximum atomic E-state index is 13.3. The number of carbonyl (C=O) groups excluding carboxylic acids is 2. The fourth-order valence-corrected chi connectivity index (χ4v) is 2.49. The zero-order valence-corrected chi connectivity index (χ0v) is 11.8. The van der Waals surface area contributed by atoms with Crippen LogP contribution < -0.4 is 4.90 Å². The predicted molar refractivity (Wildman–Crippen MR) is 78.1 cm³/mol. The zero-order chi connectivity index (χ0) is 15.9. The van der Waals surface area contributed by atoms with Crippen molar-refractivity contribution >= 4 is 34.7 Å². The molecule has 0 bridgehead atoms. The first kappa shape index (κ1) is 14.4. The van der Waals surface area contributed by atoms with Crippen LogP contribution in [-0.4, -0.2) is 11.8 Å². The number of halogens is 3. The van der Waals surface area contributed by atoms with Gasteiger partial charge in [-0.05, 0) is 35.9 Å². The monoisotopic (exact) mass is 319 g/mol. The number of carbonyl (C=O) groups is 2. The third-order valence-corrected chi connectivity index (χ3v) is 3.58. The van der Waals surface area contributed by atoms with Crippen molar-refractivity contribution in [3.05, 3.63) is 70.8 Å². The largest absolute Gasteiger partial charge is 0.277 e. The molecule has 0 spiro atoms. The molecule has 0 saturated carbocycles. The van der Waals surface area contributed by atoms with Gasteiger partial charge in [0, 0.05) is 0 Å². The minimum atomic E-state index is -0.739. The fourth-order valence-electron chi connectivity index (χ4n) is 2.22. The minimum Gasteiger partial charge on any atom is -0.268 e. The Morgan fingerprint density at radius 1 is 0.864 bits per heavy atom. The molecule has 0 atom stereocenters. The predicted octanol–water partition coefficient (Wildman–Crippen LogP) is 3.49. The molecule has 1 heterocycles. The average Bonchev–Trinajstić information content (AvgIpc) is 2.71. The Bertz CT molecular complexity index is 815. The molecule has 2 amide bonds. The number of hydrogen-bond donors (Lipinski definition) is 0. The lowest BCUT2D eigenvalue weighted by molar-refractivity contribution is -0.119. The highest BCUT2D eigenvalue weighted by Gasteiger charge is 2.39. The summed E-state index contributed by atoms with van der Waals surface area (Å²) in [5.74, 6) is -2.47. The summed E-state index contributed by atoms with van der Waals surface area (Å²) in [6.07, 6.45) is 0. The number of anilines is 1. The molecule has 0 N–H and O–H groups in total. The number of hydrogen-bond acceptors (Lipinski definition) is 2. The second kappa shape index (κ2) is 5.35. The Morgan fingerprint density at radius 2 is 1.55 bits per heavy atom. The van der Waals surface area contributed by atoms with Gasteiger partial charge < -0.3 is 0 Å². The Hall–Kier alpha value is -2.53. The second-order valence-electron chi connectivity index (χ2n) is 4.62. The first-order chi connectivity index (χ1) is 10.5. The van der Waals surface area contributed by atoms with Gasteiger partial charge in [-0.15, -0.1) is 0 Å². The average molecular weight is 320 g/mol. The first-order valence-electron chi connectivity index (χ1n) is 6.29. The molecule has 0 unspecified atom stereocenters. The molecule has 3 rings (SSSR count). The lowest BCUT2D eigenvalue weighted by atomic mass is 10.1. The molecule has 22 heavy (non-hydrogen) atoms. The topological polar surface area (TPSA) is 37.4 Å². The molecule has 1 aliphatic rings. The number of imide groups is 1. The molecule has 2 aromatic carbocycles. The summed E-state index contributed by atoms with van der Waals surface area (Å²) < 4.78 is 26.3. The Balaban J connectivity index is 2.05. The maximum absolute atomic E-state index is 13.3. The lowest BCUT2D eigenvalue weighted by Crippen LogP contribution is -2.31. The number of benzene rings is 2. The van der Waals surface area contributed by atoms with Crippen molar-refractivity contribution in [3.63, 3.8) is 0 Å². The van der Waals surface area contributed by atoms with Crippen molar-refractivity contribution < 1.29 is 18.4 Å². The summed E-state index contributed by atoms with van der Waals surface area (Å²) in [4.78, 5) is 25.5. The van der Waals surface area contributed by atoms with Crippen LogP contribution in [0.4, 0.5) is 14.5 Å². The third kappa shape index (κ3) is 2.29. The molecule has 0 fully saturated rings. The van der Waals surface area contributed by atoms with Crippen molar-refractivity contribution in [3.8, 4) is 0 Å². The Labute approximate surface area is 129 Å². The van der Waals surface area contributed by atoms with Gasteiger partial charge in [0.25, 0.3) is 11.8 Å². The summed E-state index contributed by atoms with van der Waals surface area (Å²) in [6.45, 7) is 0. The number of nitrogens with zero attached hydrogens (tertiary/aromatic N) is 1. The molecule has 0 aliphatic carbocycles. The van der Waals surface area contributed by atoms with E-state index in [0.717, 1.165) is 23.1 Å². The molecule has 6 heteroatoms. The lowest BCUT2D eigenvalue weighted by Gasteiger charge is -2.14. The van der Waals surface area contributed by atoms with Gasteiger partial charge in [-0.3, -0.25) is 9.59 Å². The smallest absolute Gasteiger partial charge is 0.268 e. The first-order valence-corrected chi connectivity index (χ1v) is 6.67. The molecule has 1 aliphatic heterocycles. The van der Waals surface area contributed by atoms with Crippen molar-refractivity contribution in [1.82, 2.24) is 0 Å². The quantitative estimate of drug-likeness (QED) is 0.795. The van der Waals surface area contributed by atoms with E-state index in [1.54, 1.807) is 0 Å². The molecule has 0 radical (unpaired) electrons. The number of amides is 2. The second-order valence-corrected chi connectivity index (χ2v) is 5.00. The van der Waals surface area contributed by atoms with Gasteiger partial charge >= 0.3 is 0 Å². The molecule has 2 aromatic rings. The Kier molecular flexibility index (Phi) is 3.50. The highest BCUT2D eigenvalue weighted by Crippen LogP contribution is 2.34. The van der Waals surface area contributed by atoms with E-state index in [1.807, 2.05) is 0 Å². The van der Waals surface area contributed by atoms with Crippen LogP contribution in [0, 0.1) is 11.6 Å². The van der Waals surface area contributed by atoms with Crippen LogP contribution >= 0.6 is 11.6 Å². The van der Waals surface area contributed by atoms with Gasteiger partial charge in [-0.1, -0.05) is 29.8 Å². The number of rotatable bonds is 2. The minimum absolute atomic E-state index is 0.0315. The molecule has 110 valence electrons. The normalized spacial score (nSPS) is 15.0. The van der Waals surface area contributed by atoms with E-state index in [-0.39, 0.29) is 16.3 Å². The fraction of sp³-hybridized carbons (Fsp3) is 0. The zero-order valence-electron chi connectivity index (χ0n) is 11.0. The van der Waals surface area contributed by atoms with E-state index >= 15 is 0 Å². The third-order valence-electron chi connectivity index (χ3n) is 3.23. The van der Waals surface area contributed by atoms with E-state index in [2.05, 4.69) is 0 Å². The van der Waals surface area contributed by atoms with E-state index in [1.165, 1.54) is 30.3 Å². The van der Waals surface area contributed by atoms with Gasteiger partial charge in [-0.25, -0.2) is 13.7 Å². The summed E-state index contributed by atoms with van der Waals surface area (Å²) >= 11 is 5.96. The maximum Gasteiger partial charge on any atom is 0.277 e. The van der Waals surface area contributed by atoms with Gasteiger partial charge in [0.2, 0.25) is 0 Å². The molecular formula is C16H8ClF2NO2. The SMILES string of the molecule is O=C1C(Cl)=C(c2ccc(F)cc2)C(=O)N1c1cccc(F)c1. The van der Waals surface area contributed by atoms with Gasteiger partial charge in [0.05, 0.1) is 11.3 Å². The van der Waals surface area contributed by atoms with Crippen LogP contribution in [0.25, 0.3) is 5.57 Å². The van der Waals surface area contributed by atoms with Crippen LogP contribution in [0.1, 0.15) is 5.56 Å². The van der Waals surface area contributed by atoms with Gasteiger partial charge in [0.1, 0.15) is 16.7 Å². The highest BCUT2D eigenvalue weighted by atomic mass is 35.5. The van der Waals surface area contributed by atoms with Gasteiger partial charge in [0.15, 0.2) is 0 Å². The Morgan fingerprint density at radius 3 is 2.18 bits per heavy atom. The van der Waals surface area contributed by atoms with Crippen LogP contribution in [0.3, 0.4) is 0 Å². The van der Waals surface area contributed by atoms with Crippen molar-refractivity contribution in [2.75, 3.05) is 4.90 Å². The van der Waals surface area contributed by atoms with Crippen molar-refractivity contribution in [1.29, 1.82) is 0 Å². The van der Waals surface area contributed by atoms with Crippen LogP contribution in [0.15, 0.2) is 53.6 Å². The highest BCUT2D eigenvalue weighted by molar-refractivity contribution is 6.60. The molecular weight excluding hydrogens is 312 g/mol. The van der Waals surface area contributed by atoms with Crippen molar-refractivity contribution in [2.24, 2.45) is 0 Å². The van der Waals surface area contributed by atoms with E-state index in [9.17, 15) is 18.4 Å². The van der Waals surface area contributed by atoms with Crippen LogP contribution in [-0.2, 0) is 9.59 Å². The summed E-state index contributed by atoms with van der Waals surface area (Å²) in [7, 11) is 0. The van der Waals surface area contributed by atoms with Crippen molar-refractivity contribution in [2.45, 2.75) is 0 Å². The molecule has 0 aromatic heterocycles. The summed E-state index contributed by atoms with van der Waals surface area (Å²) in [5.41, 5.74) is 0.379. The van der Waals surface area contributed by atoms with E-state index in [4.69, 9.17) is 11.6 Å². The molecule has 0 saturated heterocycles. The van der Waals surface area contributed by atoms with Crippen LogP contribution in [0.5, 0.6) is 0 Å².